The summed E-state index contributed by atoms with van der Waals surface area (Å²) in [5.41, 5.74) is 2.65. The van der Waals surface area contributed by atoms with Gasteiger partial charge in [0.2, 0.25) is 0 Å². The van der Waals surface area contributed by atoms with Gasteiger partial charge in [-0.1, -0.05) is 18.2 Å². The maximum Gasteiger partial charge on any atom is 0.252 e. The lowest BCUT2D eigenvalue weighted by Gasteiger charge is -2.02. The number of rotatable bonds is 1. The van der Waals surface area contributed by atoms with Gasteiger partial charge in [0.1, 0.15) is 5.76 Å². The molecule has 3 heteroatoms. The lowest BCUT2D eigenvalue weighted by molar-refractivity contribution is 0.0966. The molecule has 0 saturated heterocycles. The minimum Gasteiger partial charge on any atom is -0.464 e. The first-order chi connectivity index (χ1) is 7.36. The third-order valence-corrected chi connectivity index (χ3v) is 2.60. The van der Waals surface area contributed by atoms with E-state index in [0.29, 0.717) is 6.54 Å². The molecule has 1 aromatic carbocycles. The van der Waals surface area contributed by atoms with E-state index >= 15 is 0 Å². The molecule has 1 aliphatic heterocycles. The maximum atomic E-state index is 11.6. The van der Waals surface area contributed by atoms with Crippen LogP contribution < -0.4 is 5.32 Å². The second-order valence-corrected chi connectivity index (χ2v) is 3.50. The average molecular weight is 199 g/mol. The summed E-state index contributed by atoms with van der Waals surface area (Å²) < 4.78 is 5.31. The van der Waals surface area contributed by atoms with Crippen LogP contribution in [0.1, 0.15) is 15.9 Å². The molecule has 2 heterocycles. The van der Waals surface area contributed by atoms with Crippen molar-refractivity contribution in [2.24, 2.45) is 0 Å². The minimum atomic E-state index is -0.0167. The molecule has 0 saturated carbocycles. The number of carbonyl (C=O) groups is 1. The van der Waals surface area contributed by atoms with Gasteiger partial charge in [-0.3, -0.25) is 4.79 Å². The van der Waals surface area contributed by atoms with Crippen molar-refractivity contribution in [1.82, 2.24) is 5.32 Å². The van der Waals surface area contributed by atoms with E-state index < -0.39 is 0 Å². The third kappa shape index (κ3) is 1.16. The number of nitrogens with one attached hydrogen (secondary N) is 1. The van der Waals surface area contributed by atoms with E-state index in [4.69, 9.17) is 4.42 Å². The standard InChI is InChI=1S/C12H9NO2/c14-12-11-8(7-13-12)3-1-4-9(11)10-5-2-6-15-10/h1-6H,7H2,(H,13,14). The van der Waals surface area contributed by atoms with Crippen molar-refractivity contribution in [3.63, 3.8) is 0 Å². The van der Waals surface area contributed by atoms with Crippen LogP contribution in [0.2, 0.25) is 0 Å². The summed E-state index contributed by atoms with van der Waals surface area (Å²) in [5, 5.41) is 2.81. The van der Waals surface area contributed by atoms with Crippen molar-refractivity contribution < 1.29 is 9.21 Å². The van der Waals surface area contributed by atoms with Crippen LogP contribution in [0, 0.1) is 0 Å². The van der Waals surface area contributed by atoms with Gasteiger partial charge in [0, 0.05) is 12.1 Å². The lowest BCUT2D eigenvalue weighted by atomic mass is 10.0. The Balaban J connectivity index is 2.26. The molecule has 1 aliphatic rings. The smallest absolute Gasteiger partial charge is 0.252 e. The normalized spacial score (nSPS) is 13.7. The summed E-state index contributed by atoms with van der Waals surface area (Å²) in [4.78, 5) is 11.6. The van der Waals surface area contributed by atoms with Gasteiger partial charge in [-0.25, -0.2) is 0 Å². The molecule has 2 aromatic rings. The number of furan rings is 1. The number of amides is 1. The average Bonchev–Trinajstić information content (AvgIpc) is 2.88. The molecular weight excluding hydrogens is 190 g/mol. The largest absolute Gasteiger partial charge is 0.464 e. The first-order valence-electron chi connectivity index (χ1n) is 4.80. The van der Waals surface area contributed by atoms with E-state index in [-0.39, 0.29) is 5.91 Å². The first-order valence-corrected chi connectivity index (χ1v) is 4.80. The van der Waals surface area contributed by atoms with Gasteiger partial charge in [-0.05, 0) is 17.7 Å². The molecule has 3 nitrogen and oxygen atoms in total. The van der Waals surface area contributed by atoms with Gasteiger partial charge in [0.15, 0.2) is 0 Å². The molecule has 0 aliphatic carbocycles. The van der Waals surface area contributed by atoms with Crippen LogP contribution in [0.5, 0.6) is 0 Å². The highest BCUT2D eigenvalue weighted by Crippen LogP contribution is 2.29. The molecule has 3 rings (SSSR count). The number of carbonyl (C=O) groups excluding carboxylic acids is 1. The molecule has 0 atom stereocenters. The molecule has 0 radical (unpaired) electrons. The SMILES string of the molecule is O=C1NCc2cccc(-c3ccco3)c21. The fourth-order valence-electron chi connectivity index (χ4n) is 1.92. The van der Waals surface area contributed by atoms with Gasteiger partial charge in [-0.2, -0.15) is 0 Å². The van der Waals surface area contributed by atoms with E-state index in [0.717, 1.165) is 22.5 Å². The Hall–Kier alpha value is -2.03. The van der Waals surface area contributed by atoms with Crippen molar-refractivity contribution in [3.8, 4) is 11.3 Å². The number of hydrogen-bond donors (Lipinski definition) is 1. The second kappa shape index (κ2) is 2.98. The Morgan fingerprint density at radius 2 is 2.13 bits per heavy atom. The molecule has 15 heavy (non-hydrogen) atoms. The van der Waals surface area contributed by atoms with Crippen molar-refractivity contribution in [3.05, 3.63) is 47.7 Å². The van der Waals surface area contributed by atoms with E-state index in [9.17, 15) is 4.79 Å². The molecule has 0 fully saturated rings. The van der Waals surface area contributed by atoms with Crippen molar-refractivity contribution in [2.45, 2.75) is 6.54 Å². The van der Waals surface area contributed by atoms with Crippen LogP contribution in [0.25, 0.3) is 11.3 Å². The highest BCUT2D eigenvalue weighted by Gasteiger charge is 2.23. The van der Waals surface area contributed by atoms with Gasteiger partial charge >= 0.3 is 0 Å². The summed E-state index contributed by atoms with van der Waals surface area (Å²) >= 11 is 0. The van der Waals surface area contributed by atoms with Crippen molar-refractivity contribution in [2.75, 3.05) is 0 Å². The fourth-order valence-corrected chi connectivity index (χ4v) is 1.92. The first kappa shape index (κ1) is 8.29. The lowest BCUT2D eigenvalue weighted by Crippen LogP contribution is -2.13. The fraction of sp³-hybridized carbons (Fsp3) is 0.0833. The van der Waals surface area contributed by atoms with Crippen LogP contribution in [-0.4, -0.2) is 5.91 Å². The predicted molar refractivity (Wildman–Crippen MR) is 55.3 cm³/mol. The summed E-state index contributed by atoms with van der Waals surface area (Å²) in [6.45, 7) is 0.614. The van der Waals surface area contributed by atoms with Crippen molar-refractivity contribution >= 4 is 5.91 Å². The molecule has 0 spiro atoms. The molecule has 1 amide bonds. The third-order valence-electron chi connectivity index (χ3n) is 2.60. The summed E-state index contributed by atoms with van der Waals surface area (Å²) in [7, 11) is 0. The van der Waals surface area contributed by atoms with Gasteiger partial charge in [0.25, 0.3) is 5.91 Å². The number of fused-ring (bicyclic) bond motifs is 1. The van der Waals surface area contributed by atoms with Crippen molar-refractivity contribution in [1.29, 1.82) is 0 Å². The summed E-state index contributed by atoms with van der Waals surface area (Å²) in [5.74, 6) is 0.723. The van der Waals surface area contributed by atoms with E-state index in [2.05, 4.69) is 5.32 Å². The molecule has 0 unspecified atom stereocenters. The monoisotopic (exact) mass is 199 g/mol. The van der Waals surface area contributed by atoms with Gasteiger partial charge in [-0.15, -0.1) is 0 Å². The van der Waals surface area contributed by atoms with Gasteiger partial charge < -0.3 is 9.73 Å². The van der Waals surface area contributed by atoms with Crippen LogP contribution in [0.15, 0.2) is 41.0 Å². The maximum absolute atomic E-state index is 11.6. The zero-order valence-corrected chi connectivity index (χ0v) is 7.99. The predicted octanol–water partition coefficient (Wildman–Crippen LogP) is 2.19. The minimum absolute atomic E-state index is 0.0167. The van der Waals surface area contributed by atoms with Crippen LogP contribution in [0.4, 0.5) is 0 Å². The number of benzene rings is 1. The highest BCUT2D eigenvalue weighted by molar-refractivity contribution is 6.03. The number of hydrogen-bond acceptors (Lipinski definition) is 2. The zero-order valence-electron chi connectivity index (χ0n) is 7.99. The molecule has 1 aromatic heterocycles. The van der Waals surface area contributed by atoms with Gasteiger partial charge in [0.05, 0.1) is 11.8 Å². The molecular formula is C12H9NO2. The molecule has 1 N–H and O–H groups in total. The summed E-state index contributed by atoms with van der Waals surface area (Å²) in [6, 6.07) is 9.49. The highest BCUT2D eigenvalue weighted by atomic mass is 16.3. The molecule has 74 valence electrons. The Morgan fingerprint density at radius 1 is 1.20 bits per heavy atom. The Bertz CT molecular complexity index is 514. The van der Waals surface area contributed by atoms with Crippen LogP contribution in [-0.2, 0) is 6.54 Å². The van der Waals surface area contributed by atoms with E-state index in [1.54, 1.807) is 6.26 Å². The van der Waals surface area contributed by atoms with Crippen LogP contribution in [0.3, 0.4) is 0 Å². The van der Waals surface area contributed by atoms with Crippen LogP contribution >= 0.6 is 0 Å². The Morgan fingerprint density at radius 3 is 2.93 bits per heavy atom. The Kier molecular flexibility index (Phi) is 1.65. The summed E-state index contributed by atoms with van der Waals surface area (Å²) in [6.07, 6.45) is 1.61. The second-order valence-electron chi connectivity index (χ2n) is 3.50. The molecule has 0 bridgehead atoms. The van der Waals surface area contributed by atoms with E-state index in [1.165, 1.54) is 0 Å². The van der Waals surface area contributed by atoms with E-state index in [1.807, 2.05) is 30.3 Å². The quantitative estimate of drug-likeness (QED) is 0.764. The topological polar surface area (TPSA) is 42.2 Å². The Labute approximate surface area is 86.7 Å². The zero-order chi connectivity index (χ0) is 10.3.